The van der Waals surface area contributed by atoms with Crippen molar-refractivity contribution in [2.45, 2.75) is 32.7 Å². The largest absolute Gasteiger partial charge is 0.333 e. The summed E-state index contributed by atoms with van der Waals surface area (Å²) in [4.78, 5) is 18.2. The molecule has 1 aromatic heterocycles. The van der Waals surface area contributed by atoms with Crippen molar-refractivity contribution in [1.29, 1.82) is 0 Å². The summed E-state index contributed by atoms with van der Waals surface area (Å²) in [5.74, 6) is 0.344. The van der Waals surface area contributed by atoms with Crippen LogP contribution >= 0.6 is 23.2 Å². The van der Waals surface area contributed by atoms with Crippen molar-refractivity contribution in [2.75, 3.05) is 12.4 Å². The van der Waals surface area contributed by atoms with Crippen LogP contribution in [-0.2, 0) is 0 Å². The van der Waals surface area contributed by atoms with Crippen molar-refractivity contribution < 1.29 is 4.79 Å². The highest BCUT2D eigenvalue weighted by Gasteiger charge is 2.22. The van der Waals surface area contributed by atoms with E-state index in [-0.39, 0.29) is 11.9 Å². The van der Waals surface area contributed by atoms with Crippen LogP contribution in [-0.4, -0.2) is 34.3 Å². The summed E-state index contributed by atoms with van der Waals surface area (Å²) in [6, 6.07) is 3.52. The Morgan fingerprint density at radius 1 is 1.39 bits per heavy atom. The maximum absolute atomic E-state index is 12.4. The van der Waals surface area contributed by atoms with Crippen molar-refractivity contribution in [3.63, 3.8) is 0 Å². The van der Waals surface area contributed by atoms with Crippen molar-refractivity contribution >= 4 is 29.1 Å². The summed E-state index contributed by atoms with van der Waals surface area (Å²) < 4.78 is 0. The van der Waals surface area contributed by atoms with E-state index in [4.69, 9.17) is 23.2 Å². The highest BCUT2D eigenvalue weighted by molar-refractivity contribution is 6.30. The standard InChI is InChI=1S/C13H18Cl2N2O/c1-3-11(4-2)17(8-7-14)13(18)12-6-5-10(15)9-16-12/h5-6,9,11H,3-4,7-8H2,1-2H3. The molecule has 0 fully saturated rings. The fourth-order valence-electron chi connectivity index (χ4n) is 1.92. The van der Waals surface area contributed by atoms with E-state index in [1.807, 2.05) is 0 Å². The molecular weight excluding hydrogens is 271 g/mol. The number of amides is 1. The van der Waals surface area contributed by atoms with Gasteiger partial charge in [-0.2, -0.15) is 0 Å². The van der Waals surface area contributed by atoms with Crippen LogP contribution in [0.5, 0.6) is 0 Å². The first-order valence-corrected chi connectivity index (χ1v) is 7.03. The average Bonchev–Trinajstić information content (AvgIpc) is 2.39. The normalized spacial score (nSPS) is 10.7. The quantitative estimate of drug-likeness (QED) is 0.750. The van der Waals surface area contributed by atoms with Gasteiger partial charge in [0.1, 0.15) is 5.69 Å². The smallest absolute Gasteiger partial charge is 0.272 e. The molecule has 0 unspecified atom stereocenters. The minimum Gasteiger partial charge on any atom is -0.333 e. The molecule has 0 aliphatic rings. The first-order valence-electron chi connectivity index (χ1n) is 6.12. The Morgan fingerprint density at radius 2 is 2.06 bits per heavy atom. The lowest BCUT2D eigenvalue weighted by molar-refractivity contribution is 0.0675. The minimum absolute atomic E-state index is 0.0824. The Morgan fingerprint density at radius 3 is 2.50 bits per heavy atom. The van der Waals surface area contributed by atoms with Crippen molar-refractivity contribution in [3.8, 4) is 0 Å². The van der Waals surface area contributed by atoms with Gasteiger partial charge in [-0.15, -0.1) is 11.6 Å². The van der Waals surface area contributed by atoms with E-state index < -0.39 is 0 Å². The van der Waals surface area contributed by atoms with E-state index in [1.54, 1.807) is 17.0 Å². The molecule has 0 bridgehead atoms. The Kier molecular flexibility index (Phi) is 6.44. The Labute approximate surface area is 118 Å². The summed E-state index contributed by atoms with van der Waals surface area (Å²) in [6.07, 6.45) is 3.31. The van der Waals surface area contributed by atoms with Gasteiger partial charge in [0.05, 0.1) is 5.02 Å². The summed E-state index contributed by atoms with van der Waals surface area (Å²) in [5.41, 5.74) is 0.413. The molecule has 3 nitrogen and oxygen atoms in total. The van der Waals surface area contributed by atoms with Gasteiger partial charge in [0.2, 0.25) is 0 Å². The van der Waals surface area contributed by atoms with Gasteiger partial charge >= 0.3 is 0 Å². The lowest BCUT2D eigenvalue weighted by Crippen LogP contribution is -2.41. The second-order valence-electron chi connectivity index (χ2n) is 4.02. The van der Waals surface area contributed by atoms with Gasteiger partial charge in [-0.25, -0.2) is 4.98 Å². The number of pyridine rings is 1. The zero-order valence-corrected chi connectivity index (χ0v) is 12.2. The number of aromatic nitrogens is 1. The molecule has 1 amide bonds. The van der Waals surface area contributed by atoms with E-state index in [0.29, 0.717) is 23.1 Å². The molecule has 0 N–H and O–H groups in total. The lowest BCUT2D eigenvalue weighted by Gasteiger charge is -2.29. The molecule has 0 aliphatic heterocycles. The molecule has 0 saturated heterocycles. The Hall–Kier alpha value is -0.800. The number of hydrogen-bond acceptors (Lipinski definition) is 2. The average molecular weight is 289 g/mol. The molecular formula is C13H18Cl2N2O. The van der Waals surface area contributed by atoms with Crippen LogP contribution in [0.1, 0.15) is 37.2 Å². The van der Waals surface area contributed by atoms with Crippen LogP contribution in [0.4, 0.5) is 0 Å². The molecule has 0 spiro atoms. The lowest BCUT2D eigenvalue weighted by atomic mass is 10.1. The summed E-state index contributed by atoms with van der Waals surface area (Å²) in [5, 5.41) is 0.526. The van der Waals surface area contributed by atoms with Crippen molar-refractivity contribution in [3.05, 3.63) is 29.0 Å². The van der Waals surface area contributed by atoms with Gasteiger partial charge in [-0.05, 0) is 25.0 Å². The van der Waals surface area contributed by atoms with E-state index in [1.165, 1.54) is 6.20 Å². The molecule has 0 atom stereocenters. The summed E-state index contributed by atoms with van der Waals surface area (Å²) in [6.45, 7) is 4.67. The Balaban J connectivity index is 2.91. The maximum Gasteiger partial charge on any atom is 0.272 e. The predicted octanol–water partition coefficient (Wildman–Crippen LogP) is 3.60. The first-order chi connectivity index (χ1) is 8.63. The van der Waals surface area contributed by atoms with Crippen LogP contribution in [0.15, 0.2) is 18.3 Å². The number of rotatable bonds is 6. The van der Waals surface area contributed by atoms with Gasteiger partial charge < -0.3 is 4.90 Å². The van der Waals surface area contributed by atoms with E-state index in [0.717, 1.165) is 12.8 Å². The second kappa shape index (κ2) is 7.59. The molecule has 0 aromatic carbocycles. The van der Waals surface area contributed by atoms with Crippen LogP contribution in [0.25, 0.3) is 0 Å². The van der Waals surface area contributed by atoms with E-state index in [9.17, 15) is 4.79 Å². The topological polar surface area (TPSA) is 33.2 Å². The molecule has 0 radical (unpaired) electrons. The third-order valence-electron chi connectivity index (χ3n) is 2.92. The maximum atomic E-state index is 12.4. The number of hydrogen-bond donors (Lipinski definition) is 0. The predicted molar refractivity (Wildman–Crippen MR) is 75.4 cm³/mol. The fourth-order valence-corrected chi connectivity index (χ4v) is 2.21. The zero-order chi connectivity index (χ0) is 13.5. The first kappa shape index (κ1) is 15.3. The monoisotopic (exact) mass is 288 g/mol. The molecule has 1 aromatic rings. The number of halogens is 2. The third-order valence-corrected chi connectivity index (χ3v) is 3.31. The third kappa shape index (κ3) is 3.85. The van der Waals surface area contributed by atoms with Gasteiger partial charge in [0, 0.05) is 24.7 Å². The SMILES string of the molecule is CCC(CC)N(CCCl)C(=O)c1ccc(Cl)cn1. The molecule has 100 valence electrons. The number of alkyl halides is 1. The Bertz CT molecular complexity index is 377. The van der Waals surface area contributed by atoms with Gasteiger partial charge in [-0.3, -0.25) is 4.79 Å². The summed E-state index contributed by atoms with van der Waals surface area (Å²) >= 11 is 11.5. The highest BCUT2D eigenvalue weighted by Crippen LogP contribution is 2.14. The molecule has 0 saturated carbocycles. The second-order valence-corrected chi connectivity index (χ2v) is 4.83. The minimum atomic E-state index is -0.0824. The van der Waals surface area contributed by atoms with Gasteiger partial charge in [0.25, 0.3) is 5.91 Å². The summed E-state index contributed by atoms with van der Waals surface area (Å²) in [7, 11) is 0. The molecule has 18 heavy (non-hydrogen) atoms. The van der Waals surface area contributed by atoms with Crippen LogP contribution < -0.4 is 0 Å². The van der Waals surface area contributed by atoms with Crippen LogP contribution in [0.3, 0.4) is 0 Å². The number of carbonyl (C=O) groups excluding carboxylic acids is 1. The van der Waals surface area contributed by atoms with Gasteiger partial charge in [0.15, 0.2) is 0 Å². The zero-order valence-electron chi connectivity index (χ0n) is 10.7. The van der Waals surface area contributed by atoms with Crippen LogP contribution in [0, 0.1) is 0 Å². The molecule has 0 aliphatic carbocycles. The van der Waals surface area contributed by atoms with Crippen molar-refractivity contribution in [1.82, 2.24) is 9.88 Å². The van der Waals surface area contributed by atoms with Gasteiger partial charge in [-0.1, -0.05) is 25.4 Å². The molecule has 1 rings (SSSR count). The number of nitrogens with zero attached hydrogens (tertiary/aromatic N) is 2. The van der Waals surface area contributed by atoms with Crippen LogP contribution in [0.2, 0.25) is 5.02 Å². The fraction of sp³-hybridized carbons (Fsp3) is 0.538. The molecule has 5 heteroatoms. The highest BCUT2D eigenvalue weighted by atomic mass is 35.5. The van der Waals surface area contributed by atoms with E-state index in [2.05, 4.69) is 18.8 Å². The molecule has 1 heterocycles. The number of carbonyl (C=O) groups is 1. The van der Waals surface area contributed by atoms with Crippen molar-refractivity contribution in [2.24, 2.45) is 0 Å². The van der Waals surface area contributed by atoms with E-state index >= 15 is 0 Å².